The zero-order valence-corrected chi connectivity index (χ0v) is 14.5. The van der Waals surface area contributed by atoms with Gasteiger partial charge in [0.2, 0.25) is 5.91 Å². The second-order valence-corrected chi connectivity index (χ2v) is 6.56. The standard InChI is InChI=1S/C18H16ClN3OS/c19-14-5-3-4-13(10-14)7-9-21-17(23)11-15-12-24-18(22-15)16-6-1-2-8-20-16/h1-6,8,10,12H,7,9,11H2,(H,21,23). The summed E-state index contributed by atoms with van der Waals surface area (Å²) in [6, 6.07) is 13.4. The highest BCUT2D eigenvalue weighted by Gasteiger charge is 2.09. The molecule has 1 aromatic carbocycles. The van der Waals surface area contributed by atoms with Crippen LogP contribution in [0.1, 0.15) is 11.3 Å². The number of hydrogen-bond donors (Lipinski definition) is 1. The van der Waals surface area contributed by atoms with Crippen molar-refractivity contribution in [3.63, 3.8) is 0 Å². The highest BCUT2D eigenvalue weighted by Crippen LogP contribution is 2.21. The molecule has 122 valence electrons. The van der Waals surface area contributed by atoms with Crippen molar-refractivity contribution in [1.82, 2.24) is 15.3 Å². The molecule has 0 atom stereocenters. The van der Waals surface area contributed by atoms with Crippen LogP contribution in [0.25, 0.3) is 10.7 Å². The molecule has 0 radical (unpaired) electrons. The van der Waals surface area contributed by atoms with Gasteiger partial charge in [0.05, 0.1) is 17.8 Å². The maximum atomic E-state index is 12.0. The van der Waals surface area contributed by atoms with Crippen molar-refractivity contribution in [3.8, 4) is 10.7 Å². The summed E-state index contributed by atoms with van der Waals surface area (Å²) in [6.07, 6.45) is 2.76. The average Bonchev–Trinajstić information content (AvgIpc) is 3.04. The van der Waals surface area contributed by atoms with Crippen molar-refractivity contribution in [1.29, 1.82) is 0 Å². The molecular formula is C18H16ClN3OS. The molecule has 2 heterocycles. The van der Waals surface area contributed by atoms with E-state index in [2.05, 4.69) is 15.3 Å². The number of rotatable bonds is 6. The predicted octanol–water partition coefficient (Wildman–Crippen LogP) is 3.76. The van der Waals surface area contributed by atoms with E-state index >= 15 is 0 Å². The Morgan fingerprint density at radius 3 is 2.92 bits per heavy atom. The number of nitrogens with one attached hydrogen (secondary N) is 1. The van der Waals surface area contributed by atoms with Gasteiger partial charge in [0, 0.05) is 23.1 Å². The number of hydrogen-bond acceptors (Lipinski definition) is 4. The van der Waals surface area contributed by atoms with Crippen molar-refractivity contribution in [3.05, 3.63) is 70.3 Å². The Bertz CT molecular complexity index is 820. The molecule has 1 amide bonds. The Hall–Kier alpha value is -2.24. The Morgan fingerprint density at radius 2 is 2.12 bits per heavy atom. The molecule has 3 aromatic rings. The van der Waals surface area contributed by atoms with Gasteiger partial charge >= 0.3 is 0 Å². The molecular weight excluding hydrogens is 342 g/mol. The SMILES string of the molecule is O=C(Cc1csc(-c2ccccn2)n1)NCCc1cccc(Cl)c1. The van der Waals surface area contributed by atoms with Crippen LogP contribution in [0.3, 0.4) is 0 Å². The molecule has 1 N–H and O–H groups in total. The molecule has 0 aliphatic heterocycles. The van der Waals surface area contributed by atoms with Gasteiger partial charge in [0.25, 0.3) is 0 Å². The summed E-state index contributed by atoms with van der Waals surface area (Å²) in [5, 5.41) is 6.36. The first-order chi connectivity index (χ1) is 11.7. The molecule has 0 aliphatic rings. The first-order valence-corrected chi connectivity index (χ1v) is 8.83. The van der Waals surface area contributed by atoms with E-state index in [4.69, 9.17) is 11.6 Å². The molecule has 4 nitrogen and oxygen atoms in total. The molecule has 0 bridgehead atoms. The minimum Gasteiger partial charge on any atom is -0.355 e. The first-order valence-electron chi connectivity index (χ1n) is 7.57. The topological polar surface area (TPSA) is 54.9 Å². The number of pyridine rings is 1. The molecule has 0 saturated carbocycles. The number of carbonyl (C=O) groups excluding carboxylic acids is 1. The van der Waals surface area contributed by atoms with Gasteiger partial charge in [-0.1, -0.05) is 29.8 Å². The largest absolute Gasteiger partial charge is 0.355 e. The zero-order chi connectivity index (χ0) is 16.8. The molecule has 0 saturated heterocycles. The van der Waals surface area contributed by atoms with Gasteiger partial charge in [-0.25, -0.2) is 4.98 Å². The summed E-state index contributed by atoms with van der Waals surface area (Å²) in [7, 11) is 0. The highest BCUT2D eigenvalue weighted by molar-refractivity contribution is 7.13. The van der Waals surface area contributed by atoms with Gasteiger partial charge in [-0.15, -0.1) is 11.3 Å². The number of benzene rings is 1. The van der Waals surface area contributed by atoms with Crippen LogP contribution < -0.4 is 5.32 Å². The van der Waals surface area contributed by atoms with E-state index in [1.165, 1.54) is 11.3 Å². The van der Waals surface area contributed by atoms with Crippen LogP contribution in [0.2, 0.25) is 5.02 Å². The summed E-state index contributed by atoms with van der Waals surface area (Å²) in [6.45, 7) is 0.580. The van der Waals surface area contributed by atoms with Crippen molar-refractivity contribution in [2.24, 2.45) is 0 Å². The van der Waals surface area contributed by atoms with Gasteiger partial charge in [-0.05, 0) is 36.2 Å². The van der Waals surface area contributed by atoms with Crippen molar-refractivity contribution in [2.45, 2.75) is 12.8 Å². The van der Waals surface area contributed by atoms with E-state index in [9.17, 15) is 4.79 Å². The quantitative estimate of drug-likeness (QED) is 0.730. The monoisotopic (exact) mass is 357 g/mol. The third-order valence-electron chi connectivity index (χ3n) is 3.40. The fraction of sp³-hybridized carbons (Fsp3) is 0.167. The van der Waals surface area contributed by atoms with Gasteiger partial charge in [0.15, 0.2) is 0 Å². The lowest BCUT2D eigenvalue weighted by atomic mass is 10.1. The number of aromatic nitrogens is 2. The van der Waals surface area contributed by atoms with Crippen LogP contribution in [0.5, 0.6) is 0 Å². The van der Waals surface area contributed by atoms with E-state index in [0.29, 0.717) is 11.6 Å². The van der Waals surface area contributed by atoms with Crippen LogP contribution >= 0.6 is 22.9 Å². The highest BCUT2D eigenvalue weighted by atomic mass is 35.5. The van der Waals surface area contributed by atoms with Crippen molar-refractivity contribution in [2.75, 3.05) is 6.54 Å². The number of nitrogens with zero attached hydrogens (tertiary/aromatic N) is 2. The van der Waals surface area contributed by atoms with E-state index in [0.717, 1.165) is 28.4 Å². The van der Waals surface area contributed by atoms with Crippen LogP contribution in [0.4, 0.5) is 0 Å². The van der Waals surface area contributed by atoms with Crippen LogP contribution in [0, 0.1) is 0 Å². The minimum atomic E-state index is -0.0325. The lowest BCUT2D eigenvalue weighted by Gasteiger charge is -2.04. The molecule has 3 rings (SSSR count). The maximum Gasteiger partial charge on any atom is 0.226 e. The summed E-state index contributed by atoms with van der Waals surface area (Å²) in [5.41, 5.74) is 2.70. The third kappa shape index (κ3) is 4.63. The van der Waals surface area contributed by atoms with Crippen molar-refractivity contribution >= 4 is 28.8 Å². The second-order valence-electron chi connectivity index (χ2n) is 5.27. The molecule has 0 unspecified atom stereocenters. The maximum absolute atomic E-state index is 12.0. The lowest BCUT2D eigenvalue weighted by molar-refractivity contribution is -0.120. The van der Waals surface area contributed by atoms with Gasteiger partial charge in [-0.3, -0.25) is 9.78 Å². The summed E-state index contributed by atoms with van der Waals surface area (Å²) in [5.74, 6) is -0.0325. The number of halogens is 1. The smallest absolute Gasteiger partial charge is 0.226 e. The molecule has 24 heavy (non-hydrogen) atoms. The average molecular weight is 358 g/mol. The van der Waals surface area contributed by atoms with Gasteiger partial charge in [0.1, 0.15) is 5.01 Å². The second kappa shape index (κ2) is 8.04. The van der Waals surface area contributed by atoms with Crippen LogP contribution in [0.15, 0.2) is 54.0 Å². The number of carbonyl (C=O) groups is 1. The Labute approximate surface area is 149 Å². The minimum absolute atomic E-state index is 0.0325. The van der Waals surface area contributed by atoms with E-state index in [1.54, 1.807) is 6.20 Å². The molecule has 0 fully saturated rings. The Balaban J connectivity index is 1.49. The predicted molar refractivity (Wildman–Crippen MR) is 97.2 cm³/mol. The number of thiazole rings is 1. The molecule has 6 heteroatoms. The fourth-order valence-electron chi connectivity index (χ4n) is 2.26. The first kappa shape index (κ1) is 16.6. The fourth-order valence-corrected chi connectivity index (χ4v) is 3.27. The van der Waals surface area contributed by atoms with Gasteiger partial charge < -0.3 is 5.32 Å². The van der Waals surface area contributed by atoms with E-state index in [1.807, 2.05) is 47.8 Å². The van der Waals surface area contributed by atoms with Crippen LogP contribution in [-0.2, 0) is 17.6 Å². The summed E-state index contributed by atoms with van der Waals surface area (Å²) >= 11 is 7.45. The Morgan fingerprint density at radius 1 is 1.21 bits per heavy atom. The summed E-state index contributed by atoms with van der Waals surface area (Å²) in [4.78, 5) is 20.8. The number of amides is 1. The normalized spacial score (nSPS) is 10.5. The zero-order valence-electron chi connectivity index (χ0n) is 12.9. The lowest BCUT2D eigenvalue weighted by Crippen LogP contribution is -2.27. The van der Waals surface area contributed by atoms with Crippen LogP contribution in [-0.4, -0.2) is 22.4 Å². The Kier molecular flexibility index (Phi) is 5.56. The molecule has 2 aromatic heterocycles. The van der Waals surface area contributed by atoms with Crippen molar-refractivity contribution < 1.29 is 4.79 Å². The third-order valence-corrected chi connectivity index (χ3v) is 4.55. The van der Waals surface area contributed by atoms with E-state index in [-0.39, 0.29) is 12.3 Å². The molecule has 0 spiro atoms. The summed E-state index contributed by atoms with van der Waals surface area (Å²) < 4.78 is 0. The van der Waals surface area contributed by atoms with E-state index < -0.39 is 0 Å². The van der Waals surface area contributed by atoms with Gasteiger partial charge in [-0.2, -0.15) is 0 Å². The molecule has 0 aliphatic carbocycles.